The molecule has 0 aliphatic carbocycles. The lowest BCUT2D eigenvalue weighted by Gasteiger charge is -2.37. The smallest absolute Gasteiger partial charge is 0.294 e. The zero-order chi connectivity index (χ0) is 22.5. The molecular weight excluding hydrogens is 426 g/mol. The summed E-state index contributed by atoms with van der Waals surface area (Å²) in [7, 11) is 0. The third-order valence-corrected chi connectivity index (χ3v) is 6.43. The maximum absolute atomic E-state index is 12.8. The van der Waals surface area contributed by atoms with Crippen molar-refractivity contribution in [2.75, 3.05) is 51.0 Å². The normalized spacial score (nSPS) is 18.6. The van der Waals surface area contributed by atoms with Crippen LogP contribution in [0.5, 0.6) is 5.75 Å². The van der Waals surface area contributed by atoms with Crippen LogP contribution in [0, 0.1) is 6.92 Å². The molecule has 1 N–H and O–H groups in total. The number of carbonyl (C=O) groups is 2. The lowest BCUT2D eigenvalue weighted by molar-refractivity contribution is -0.124. The first-order valence-electron chi connectivity index (χ1n) is 10.7. The van der Waals surface area contributed by atoms with Gasteiger partial charge in [-0.15, -0.1) is 0 Å². The number of carbonyl (C=O) groups excluding carboxylic acids is 2. The zero-order valence-electron chi connectivity index (χ0n) is 18.1. The van der Waals surface area contributed by atoms with Crippen LogP contribution in [0.25, 0.3) is 6.08 Å². The van der Waals surface area contributed by atoms with Crippen LogP contribution in [-0.4, -0.2) is 72.1 Å². The summed E-state index contributed by atoms with van der Waals surface area (Å²) < 4.78 is 5.35. The molecular formula is C24H27N3O4S. The third kappa shape index (κ3) is 5.32. The van der Waals surface area contributed by atoms with Gasteiger partial charge in [0, 0.05) is 31.9 Å². The number of ether oxygens (including phenoxy) is 1. The van der Waals surface area contributed by atoms with E-state index in [4.69, 9.17) is 9.84 Å². The Hall–Kier alpha value is -2.81. The molecule has 2 aromatic carbocycles. The van der Waals surface area contributed by atoms with Gasteiger partial charge in [0.05, 0.1) is 18.2 Å². The van der Waals surface area contributed by atoms with Crippen LogP contribution in [0.2, 0.25) is 0 Å². The Balaban J connectivity index is 1.33. The van der Waals surface area contributed by atoms with Crippen molar-refractivity contribution in [3.05, 3.63) is 64.6 Å². The van der Waals surface area contributed by atoms with Crippen molar-refractivity contribution in [1.29, 1.82) is 0 Å². The van der Waals surface area contributed by atoms with Crippen molar-refractivity contribution in [1.82, 2.24) is 9.80 Å². The van der Waals surface area contributed by atoms with Crippen LogP contribution < -0.4 is 9.64 Å². The highest BCUT2D eigenvalue weighted by Crippen LogP contribution is 2.32. The van der Waals surface area contributed by atoms with Crippen molar-refractivity contribution in [3.63, 3.8) is 0 Å². The van der Waals surface area contributed by atoms with Crippen LogP contribution >= 0.6 is 11.8 Å². The number of rotatable bonds is 7. The van der Waals surface area contributed by atoms with Gasteiger partial charge in [-0.25, -0.2) is 0 Å². The molecule has 0 aromatic heterocycles. The van der Waals surface area contributed by atoms with Gasteiger partial charge >= 0.3 is 0 Å². The predicted octanol–water partition coefficient (Wildman–Crippen LogP) is 3.18. The van der Waals surface area contributed by atoms with Crippen molar-refractivity contribution in [3.8, 4) is 5.75 Å². The number of amides is 2. The summed E-state index contributed by atoms with van der Waals surface area (Å²) in [5.74, 6) is 0.399. The minimum atomic E-state index is -0.249. The van der Waals surface area contributed by atoms with Gasteiger partial charge in [0.15, 0.2) is 0 Å². The summed E-state index contributed by atoms with van der Waals surface area (Å²) >= 11 is 0.979. The van der Waals surface area contributed by atoms with E-state index < -0.39 is 0 Å². The Bertz CT molecular complexity index is 983. The van der Waals surface area contributed by atoms with E-state index in [1.54, 1.807) is 18.2 Å². The maximum Gasteiger partial charge on any atom is 0.294 e. The number of nitrogens with zero attached hydrogens (tertiary/aromatic N) is 3. The molecule has 32 heavy (non-hydrogen) atoms. The molecule has 0 bridgehead atoms. The third-order valence-electron chi connectivity index (χ3n) is 5.52. The molecule has 2 amide bonds. The van der Waals surface area contributed by atoms with E-state index in [1.807, 2.05) is 12.1 Å². The molecule has 2 saturated heterocycles. The van der Waals surface area contributed by atoms with Gasteiger partial charge in [0.2, 0.25) is 0 Å². The number of anilines is 1. The van der Waals surface area contributed by atoms with Gasteiger partial charge in [-0.2, -0.15) is 0 Å². The fraction of sp³-hybridized carbons (Fsp3) is 0.333. The Kier molecular flexibility index (Phi) is 7.14. The van der Waals surface area contributed by atoms with E-state index >= 15 is 0 Å². The van der Waals surface area contributed by atoms with Crippen molar-refractivity contribution in [2.45, 2.75) is 6.92 Å². The first-order chi connectivity index (χ1) is 15.5. The SMILES string of the molecule is Cc1ccc(N2CCN(CN3C(=O)S/C(=C/c4ccc(OCCO)cc4)C3=O)CC2)cc1. The predicted molar refractivity (Wildman–Crippen MR) is 127 cm³/mol. The molecule has 0 saturated carbocycles. The topological polar surface area (TPSA) is 73.3 Å². The Morgan fingerprint density at radius 3 is 2.34 bits per heavy atom. The molecule has 2 fully saturated rings. The molecule has 168 valence electrons. The Morgan fingerprint density at radius 1 is 1.00 bits per heavy atom. The molecule has 2 aliphatic rings. The van der Waals surface area contributed by atoms with E-state index in [0.717, 1.165) is 43.5 Å². The van der Waals surface area contributed by atoms with E-state index in [-0.39, 0.29) is 24.4 Å². The van der Waals surface area contributed by atoms with Gasteiger partial charge < -0.3 is 14.7 Å². The van der Waals surface area contributed by atoms with Crippen LogP contribution in [0.15, 0.2) is 53.4 Å². The molecule has 4 rings (SSSR count). The van der Waals surface area contributed by atoms with E-state index in [0.29, 0.717) is 17.3 Å². The minimum Gasteiger partial charge on any atom is -0.491 e. The summed E-state index contributed by atoms with van der Waals surface area (Å²) in [6.07, 6.45) is 1.73. The molecule has 2 aliphatic heterocycles. The van der Waals surface area contributed by atoms with Gasteiger partial charge in [0.1, 0.15) is 12.4 Å². The molecule has 0 spiro atoms. The molecule has 2 aromatic rings. The average Bonchev–Trinajstić information content (AvgIpc) is 3.07. The van der Waals surface area contributed by atoms with Gasteiger partial charge in [-0.1, -0.05) is 29.8 Å². The fourth-order valence-electron chi connectivity index (χ4n) is 3.70. The van der Waals surface area contributed by atoms with Crippen molar-refractivity contribution >= 4 is 34.7 Å². The number of aryl methyl sites for hydroxylation is 1. The number of benzene rings is 2. The maximum atomic E-state index is 12.8. The average molecular weight is 454 g/mol. The van der Waals surface area contributed by atoms with E-state index in [2.05, 4.69) is 41.0 Å². The number of aliphatic hydroxyl groups is 1. The van der Waals surface area contributed by atoms with Crippen LogP contribution in [0.4, 0.5) is 10.5 Å². The quantitative estimate of drug-likeness (QED) is 0.646. The van der Waals surface area contributed by atoms with Gasteiger partial charge in [-0.05, 0) is 54.6 Å². The molecule has 0 unspecified atom stereocenters. The van der Waals surface area contributed by atoms with Gasteiger partial charge in [-0.3, -0.25) is 19.4 Å². The standard InChI is InChI=1S/C24H27N3O4S/c1-18-2-6-20(7-3-18)26-12-10-25(11-13-26)17-27-23(29)22(32-24(27)30)16-19-4-8-21(9-5-19)31-15-14-28/h2-9,16,28H,10-15,17H2,1H3/b22-16+. The van der Waals surface area contributed by atoms with Crippen LogP contribution in [0.1, 0.15) is 11.1 Å². The van der Waals surface area contributed by atoms with Crippen LogP contribution in [-0.2, 0) is 4.79 Å². The van der Waals surface area contributed by atoms with Gasteiger partial charge in [0.25, 0.3) is 11.1 Å². The Labute approximate surface area is 192 Å². The fourth-order valence-corrected chi connectivity index (χ4v) is 4.53. The second-order valence-corrected chi connectivity index (χ2v) is 8.83. The molecule has 7 nitrogen and oxygen atoms in total. The highest BCUT2D eigenvalue weighted by molar-refractivity contribution is 8.18. The second kappa shape index (κ2) is 10.2. The number of hydrogen-bond acceptors (Lipinski definition) is 7. The second-order valence-electron chi connectivity index (χ2n) is 7.83. The van der Waals surface area contributed by atoms with Crippen molar-refractivity contribution in [2.24, 2.45) is 0 Å². The molecule has 8 heteroatoms. The number of aliphatic hydroxyl groups excluding tert-OH is 1. The first-order valence-corrected chi connectivity index (χ1v) is 11.5. The number of thioether (sulfide) groups is 1. The zero-order valence-corrected chi connectivity index (χ0v) is 18.9. The summed E-state index contributed by atoms with van der Waals surface area (Å²) in [5, 5.41) is 8.59. The summed E-state index contributed by atoms with van der Waals surface area (Å²) in [6.45, 7) is 5.90. The first kappa shape index (κ1) is 22.4. The number of imide groups is 1. The van der Waals surface area contributed by atoms with Crippen LogP contribution in [0.3, 0.4) is 0 Å². The number of piperazine rings is 1. The molecule has 2 heterocycles. The highest BCUT2D eigenvalue weighted by atomic mass is 32.2. The lowest BCUT2D eigenvalue weighted by Crippen LogP contribution is -2.50. The number of hydrogen-bond donors (Lipinski definition) is 1. The Morgan fingerprint density at radius 2 is 1.69 bits per heavy atom. The summed E-state index contributed by atoms with van der Waals surface area (Å²) in [4.78, 5) is 31.6. The summed E-state index contributed by atoms with van der Waals surface area (Å²) in [5.41, 5.74) is 3.27. The molecule has 0 atom stereocenters. The van der Waals surface area contributed by atoms with Crippen molar-refractivity contribution < 1.29 is 19.4 Å². The lowest BCUT2D eigenvalue weighted by atomic mass is 10.2. The van der Waals surface area contributed by atoms with E-state index in [9.17, 15) is 9.59 Å². The molecule has 0 radical (unpaired) electrons. The highest BCUT2D eigenvalue weighted by Gasteiger charge is 2.36. The van der Waals surface area contributed by atoms with E-state index in [1.165, 1.54) is 16.2 Å². The minimum absolute atomic E-state index is 0.0457. The largest absolute Gasteiger partial charge is 0.491 e. The summed E-state index contributed by atoms with van der Waals surface area (Å²) in [6, 6.07) is 15.7. The monoisotopic (exact) mass is 453 g/mol.